The number of ether oxygens (including phenoxy) is 1. The summed E-state index contributed by atoms with van der Waals surface area (Å²) in [7, 11) is 1.64. The predicted molar refractivity (Wildman–Crippen MR) is 74.6 cm³/mol. The van der Waals surface area contributed by atoms with Gasteiger partial charge in [0.2, 0.25) is 0 Å². The van der Waals surface area contributed by atoms with Gasteiger partial charge >= 0.3 is 0 Å². The van der Waals surface area contributed by atoms with Crippen LogP contribution < -0.4 is 15.8 Å². The minimum Gasteiger partial charge on any atom is -0.495 e. The molecule has 0 saturated carbocycles. The number of nitrogens with one attached hydrogen (secondary N) is 1. The summed E-state index contributed by atoms with van der Waals surface area (Å²) >= 11 is 0. The zero-order chi connectivity index (χ0) is 12.8. The van der Waals surface area contributed by atoms with Crippen LogP contribution >= 0.6 is 0 Å². The van der Waals surface area contributed by atoms with E-state index in [1.165, 1.54) is 6.42 Å². The number of nitrogens with two attached hydrogens (primary N) is 1. The Labute approximate surface area is 104 Å². The van der Waals surface area contributed by atoms with Crippen LogP contribution in [-0.4, -0.2) is 13.2 Å². The molecule has 0 aliphatic rings. The summed E-state index contributed by atoms with van der Waals surface area (Å²) in [6.45, 7) is 6.68. The molecule has 1 aromatic rings. The Kier molecular flexibility index (Phi) is 5.13. The lowest BCUT2D eigenvalue weighted by atomic mass is 10.00. The maximum Gasteiger partial charge on any atom is 0.143 e. The number of hydrogen-bond donors (Lipinski definition) is 2. The summed E-state index contributed by atoms with van der Waals surface area (Å²) in [5, 5.41) is 3.45. The number of para-hydroxylation sites is 1. The summed E-state index contributed by atoms with van der Waals surface area (Å²) in [4.78, 5) is 0. The van der Waals surface area contributed by atoms with Crippen molar-refractivity contribution in [3.05, 3.63) is 18.2 Å². The van der Waals surface area contributed by atoms with Crippen LogP contribution in [0.4, 0.5) is 11.4 Å². The summed E-state index contributed by atoms with van der Waals surface area (Å²) in [5.41, 5.74) is 7.66. The molecule has 0 radical (unpaired) electrons. The molecule has 0 amide bonds. The van der Waals surface area contributed by atoms with Crippen molar-refractivity contribution in [1.29, 1.82) is 0 Å². The normalized spacial score (nSPS) is 14.1. The van der Waals surface area contributed by atoms with E-state index in [1.807, 2.05) is 18.2 Å². The smallest absolute Gasteiger partial charge is 0.143 e. The predicted octanol–water partition coefficient (Wildman–Crippen LogP) is 3.51. The lowest BCUT2D eigenvalue weighted by Gasteiger charge is -2.20. The molecule has 3 N–H and O–H groups in total. The molecule has 1 aromatic carbocycles. The van der Waals surface area contributed by atoms with E-state index in [0.717, 1.165) is 23.8 Å². The fourth-order valence-corrected chi connectivity index (χ4v) is 1.94. The van der Waals surface area contributed by atoms with Crippen molar-refractivity contribution in [1.82, 2.24) is 0 Å². The zero-order valence-electron chi connectivity index (χ0n) is 11.3. The SMILES string of the molecule is CCC(C)CC(C)Nc1cccc(OC)c1N. The average Bonchev–Trinajstić information content (AvgIpc) is 2.31. The van der Waals surface area contributed by atoms with E-state index in [0.29, 0.717) is 11.7 Å². The van der Waals surface area contributed by atoms with Crippen LogP contribution in [0.15, 0.2) is 18.2 Å². The molecule has 0 saturated heterocycles. The second kappa shape index (κ2) is 6.38. The van der Waals surface area contributed by atoms with Crippen LogP contribution in [0, 0.1) is 5.92 Å². The van der Waals surface area contributed by atoms with Crippen molar-refractivity contribution in [3.63, 3.8) is 0 Å². The molecular weight excluding hydrogens is 212 g/mol. The molecule has 17 heavy (non-hydrogen) atoms. The van der Waals surface area contributed by atoms with Crippen molar-refractivity contribution in [3.8, 4) is 5.75 Å². The van der Waals surface area contributed by atoms with E-state index in [4.69, 9.17) is 10.5 Å². The largest absolute Gasteiger partial charge is 0.495 e. The van der Waals surface area contributed by atoms with Gasteiger partial charge in [-0.25, -0.2) is 0 Å². The Morgan fingerprint density at radius 3 is 2.65 bits per heavy atom. The first-order valence-corrected chi connectivity index (χ1v) is 6.27. The third kappa shape index (κ3) is 3.84. The first kappa shape index (κ1) is 13.7. The molecule has 2 atom stereocenters. The van der Waals surface area contributed by atoms with Gasteiger partial charge in [0.25, 0.3) is 0 Å². The van der Waals surface area contributed by atoms with Gasteiger partial charge in [0.05, 0.1) is 18.5 Å². The highest BCUT2D eigenvalue weighted by atomic mass is 16.5. The molecule has 0 spiro atoms. The fraction of sp³-hybridized carbons (Fsp3) is 0.571. The van der Waals surface area contributed by atoms with Crippen LogP contribution in [0.3, 0.4) is 0 Å². The molecule has 1 rings (SSSR count). The molecule has 3 nitrogen and oxygen atoms in total. The maximum absolute atomic E-state index is 6.02. The molecular formula is C14H24N2O. The zero-order valence-corrected chi connectivity index (χ0v) is 11.3. The van der Waals surface area contributed by atoms with E-state index in [-0.39, 0.29) is 0 Å². The quantitative estimate of drug-likeness (QED) is 0.743. The van der Waals surface area contributed by atoms with Gasteiger partial charge in [-0.3, -0.25) is 0 Å². The van der Waals surface area contributed by atoms with Crippen molar-refractivity contribution in [2.75, 3.05) is 18.2 Å². The first-order valence-electron chi connectivity index (χ1n) is 6.27. The molecule has 3 heteroatoms. The first-order chi connectivity index (χ1) is 8.08. The number of rotatable bonds is 6. The standard InChI is InChI=1S/C14H24N2O/c1-5-10(2)9-11(3)16-12-7-6-8-13(17-4)14(12)15/h6-8,10-11,16H,5,9,15H2,1-4H3. The van der Waals surface area contributed by atoms with Gasteiger partial charge in [-0.2, -0.15) is 0 Å². The second-order valence-electron chi connectivity index (χ2n) is 4.72. The Hall–Kier alpha value is -1.38. The van der Waals surface area contributed by atoms with Crippen LogP contribution in [0.1, 0.15) is 33.6 Å². The van der Waals surface area contributed by atoms with E-state index in [9.17, 15) is 0 Å². The number of benzene rings is 1. The molecule has 0 fully saturated rings. The lowest BCUT2D eigenvalue weighted by molar-refractivity contribution is 0.417. The van der Waals surface area contributed by atoms with Gasteiger partial charge in [0.15, 0.2) is 0 Å². The maximum atomic E-state index is 6.02. The second-order valence-corrected chi connectivity index (χ2v) is 4.72. The van der Waals surface area contributed by atoms with E-state index < -0.39 is 0 Å². The number of nitrogen functional groups attached to an aromatic ring is 1. The minimum absolute atomic E-state index is 0.416. The van der Waals surface area contributed by atoms with Gasteiger partial charge < -0.3 is 15.8 Å². The van der Waals surface area contributed by atoms with Gasteiger partial charge in [-0.1, -0.05) is 26.3 Å². The van der Waals surface area contributed by atoms with Gasteiger partial charge in [0.1, 0.15) is 5.75 Å². The summed E-state index contributed by atoms with van der Waals surface area (Å²) in [6, 6.07) is 6.23. The van der Waals surface area contributed by atoms with Crippen LogP contribution in [-0.2, 0) is 0 Å². The van der Waals surface area contributed by atoms with Crippen LogP contribution in [0.25, 0.3) is 0 Å². The number of methoxy groups -OCH3 is 1. The topological polar surface area (TPSA) is 47.3 Å². The van der Waals surface area contributed by atoms with Crippen molar-refractivity contribution in [2.45, 2.75) is 39.7 Å². The van der Waals surface area contributed by atoms with E-state index in [2.05, 4.69) is 26.1 Å². The Balaban J connectivity index is 2.68. The molecule has 0 aliphatic carbocycles. The van der Waals surface area contributed by atoms with Crippen molar-refractivity contribution in [2.24, 2.45) is 5.92 Å². The van der Waals surface area contributed by atoms with Crippen molar-refractivity contribution >= 4 is 11.4 Å². The Bertz CT molecular complexity index is 352. The Morgan fingerprint density at radius 1 is 1.35 bits per heavy atom. The fourth-order valence-electron chi connectivity index (χ4n) is 1.94. The lowest BCUT2D eigenvalue weighted by Crippen LogP contribution is -2.19. The molecule has 96 valence electrons. The van der Waals surface area contributed by atoms with E-state index >= 15 is 0 Å². The van der Waals surface area contributed by atoms with Gasteiger partial charge in [-0.15, -0.1) is 0 Å². The third-order valence-corrected chi connectivity index (χ3v) is 3.14. The molecule has 0 heterocycles. The molecule has 0 bridgehead atoms. The Morgan fingerprint density at radius 2 is 2.06 bits per heavy atom. The highest BCUT2D eigenvalue weighted by Crippen LogP contribution is 2.29. The molecule has 0 aromatic heterocycles. The third-order valence-electron chi connectivity index (χ3n) is 3.14. The average molecular weight is 236 g/mol. The van der Waals surface area contributed by atoms with Gasteiger partial charge in [0, 0.05) is 6.04 Å². The van der Waals surface area contributed by atoms with E-state index in [1.54, 1.807) is 7.11 Å². The monoisotopic (exact) mass is 236 g/mol. The number of hydrogen-bond acceptors (Lipinski definition) is 3. The van der Waals surface area contributed by atoms with Crippen LogP contribution in [0.2, 0.25) is 0 Å². The van der Waals surface area contributed by atoms with Crippen LogP contribution in [0.5, 0.6) is 5.75 Å². The van der Waals surface area contributed by atoms with Gasteiger partial charge in [-0.05, 0) is 31.4 Å². The minimum atomic E-state index is 0.416. The van der Waals surface area contributed by atoms with Crippen molar-refractivity contribution < 1.29 is 4.74 Å². The summed E-state index contributed by atoms with van der Waals surface area (Å²) in [6.07, 6.45) is 2.35. The highest BCUT2D eigenvalue weighted by Gasteiger charge is 2.10. The summed E-state index contributed by atoms with van der Waals surface area (Å²) < 4.78 is 5.20. The molecule has 0 aliphatic heterocycles. The highest BCUT2D eigenvalue weighted by molar-refractivity contribution is 5.73. The molecule has 2 unspecified atom stereocenters. The number of anilines is 2. The summed E-state index contributed by atoms with van der Waals surface area (Å²) in [5.74, 6) is 1.45.